The van der Waals surface area contributed by atoms with Gasteiger partial charge >= 0.3 is 5.97 Å². The first-order chi connectivity index (χ1) is 9.10. The summed E-state index contributed by atoms with van der Waals surface area (Å²) in [5.41, 5.74) is 7.11. The number of pyridine rings is 1. The summed E-state index contributed by atoms with van der Waals surface area (Å²) in [4.78, 5) is 15.6. The summed E-state index contributed by atoms with van der Waals surface area (Å²) >= 11 is 3.36. The third-order valence-corrected chi connectivity index (χ3v) is 2.99. The van der Waals surface area contributed by atoms with Gasteiger partial charge in [0.25, 0.3) is 0 Å². The number of nitrogens with zero attached hydrogens (tertiary/aromatic N) is 1. The molecule has 3 N–H and O–H groups in total. The average molecular weight is 322 g/mol. The Balaban J connectivity index is 2.26. The highest BCUT2D eigenvalue weighted by Crippen LogP contribution is 2.21. The van der Waals surface area contributed by atoms with Gasteiger partial charge in [-0.3, -0.25) is 0 Å². The Labute approximate surface area is 118 Å². The van der Waals surface area contributed by atoms with E-state index < -0.39 is 5.97 Å². The zero-order chi connectivity index (χ0) is 13.8. The van der Waals surface area contributed by atoms with Gasteiger partial charge in [-0.05, 0) is 30.3 Å². The predicted molar refractivity (Wildman–Crippen MR) is 77.4 cm³/mol. The number of hydrogen-bond donors (Lipinski definition) is 2. The van der Waals surface area contributed by atoms with Crippen LogP contribution in [0.2, 0.25) is 0 Å². The number of benzene rings is 1. The summed E-state index contributed by atoms with van der Waals surface area (Å²) in [6, 6.07) is 9.14. The molecular formula is C13H12BrN3O2. The van der Waals surface area contributed by atoms with Crippen LogP contribution in [0.1, 0.15) is 10.4 Å². The number of nitrogens with two attached hydrogens (primary N) is 1. The van der Waals surface area contributed by atoms with Gasteiger partial charge in [-0.2, -0.15) is 0 Å². The topological polar surface area (TPSA) is 77.2 Å². The van der Waals surface area contributed by atoms with Crippen LogP contribution >= 0.6 is 15.9 Å². The van der Waals surface area contributed by atoms with Crippen LogP contribution < -0.4 is 11.1 Å². The highest BCUT2D eigenvalue weighted by atomic mass is 79.9. The summed E-state index contributed by atoms with van der Waals surface area (Å²) in [6.45, 7) is 0. The van der Waals surface area contributed by atoms with Crippen LogP contribution in [0.25, 0.3) is 0 Å². The lowest BCUT2D eigenvalue weighted by atomic mass is 10.2. The van der Waals surface area contributed by atoms with Crippen LogP contribution in [-0.2, 0) is 4.74 Å². The Bertz CT molecular complexity index is 599. The van der Waals surface area contributed by atoms with E-state index in [-0.39, 0.29) is 11.3 Å². The zero-order valence-corrected chi connectivity index (χ0v) is 11.8. The number of hydrogen-bond acceptors (Lipinski definition) is 5. The molecular weight excluding hydrogens is 310 g/mol. The van der Waals surface area contributed by atoms with E-state index in [1.165, 1.54) is 13.3 Å². The van der Waals surface area contributed by atoms with Crippen molar-refractivity contribution in [2.45, 2.75) is 0 Å². The molecule has 0 spiro atoms. The van der Waals surface area contributed by atoms with E-state index in [1.54, 1.807) is 6.07 Å². The van der Waals surface area contributed by atoms with Crippen molar-refractivity contribution in [1.29, 1.82) is 0 Å². The maximum absolute atomic E-state index is 11.5. The fourth-order valence-electron chi connectivity index (χ4n) is 1.50. The van der Waals surface area contributed by atoms with Gasteiger partial charge < -0.3 is 15.8 Å². The fraction of sp³-hybridized carbons (Fsp3) is 0.0769. The van der Waals surface area contributed by atoms with Crippen LogP contribution in [0.4, 0.5) is 17.2 Å². The number of esters is 1. The van der Waals surface area contributed by atoms with Crippen molar-refractivity contribution in [1.82, 2.24) is 4.98 Å². The van der Waals surface area contributed by atoms with E-state index in [9.17, 15) is 4.79 Å². The molecule has 0 atom stereocenters. The predicted octanol–water partition coefficient (Wildman–Crippen LogP) is 2.96. The van der Waals surface area contributed by atoms with E-state index in [4.69, 9.17) is 5.73 Å². The second kappa shape index (κ2) is 5.71. The molecule has 0 amide bonds. The largest absolute Gasteiger partial charge is 0.465 e. The molecule has 0 aliphatic rings. The van der Waals surface area contributed by atoms with Gasteiger partial charge in [0.05, 0.1) is 24.6 Å². The minimum absolute atomic E-state index is 0.285. The SMILES string of the molecule is COC(=O)c1cc(Nc2ccc(Br)cc2)ncc1N. The second-order valence-corrected chi connectivity index (χ2v) is 4.70. The quantitative estimate of drug-likeness (QED) is 0.850. The Morgan fingerprint density at radius 1 is 1.37 bits per heavy atom. The van der Waals surface area contributed by atoms with Crippen LogP contribution in [0.3, 0.4) is 0 Å². The Morgan fingerprint density at radius 2 is 2.05 bits per heavy atom. The van der Waals surface area contributed by atoms with Gasteiger partial charge in [0.15, 0.2) is 0 Å². The van der Waals surface area contributed by atoms with Crippen LogP contribution in [0, 0.1) is 0 Å². The summed E-state index contributed by atoms with van der Waals surface area (Å²) in [6.07, 6.45) is 1.42. The third-order valence-electron chi connectivity index (χ3n) is 2.46. The number of carbonyl (C=O) groups excluding carboxylic acids is 1. The number of rotatable bonds is 3. The van der Waals surface area contributed by atoms with Crippen LogP contribution in [0.15, 0.2) is 41.0 Å². The van der Waals surface area contributed by atoms with E-state index >= 15 is 0 Å². The molecule has 0 saturated heterocycles. The van der Waals surface area contributed by atoms with Crippen LogP contribution in [-0.4, -0.2) is 18.1 Å². The number of aromatic nitrogens is 1. The second-order valence-electron chi connectivity index (χ2n) is 3.78. The fourth-order valence-corrected chi connectivity index (χ4v) is 1.77. The molecule has 0 saturated carbocycles. The first kappa shape index (κ1) is 13.4. The van der Waals surface area contributed by atoms with Gasteiger partial charge in [-0.15, -0.1) is 0 Å². The van der Waals surface area contributed by atoms with Crippen molar-refractivity contribution in [3.05, 3.63) is 46.6 Å². The highest BCUT2D eigenvalue weighted by molar-refractivity contribution is 9.10. The maximum Gasteiger partial charge on any atom is 0.340 e. The molecule has 0 radical (unpaired) electrons. The lowest BCUT2D eigenvalue weighted by molar-refractivity contribution is 0.0602. The molecule has 6 heteroatoms. The summed E-state index contributed by atoms with van der Waals surface area (Å²) in [5.74, 6) is 0.0377. The molecule has 5 nitrogen and oxygen atoms in total. The van der Waals surface area contributed by atoms with Crippen molar-refractivity contribution >= 4 is 39.1 Å². The van der Waals surface area contributed by atoms with E-state index in [1.807, 2.05) is 24.3 Å². The van der Waals surface area contributed by atoms with Crippen molar-refractivity contribution in [3.8, 4) is 0 Å². The Morgan fingerprint density at radius 3 is 2.68 bits per heavy atom. The number of ether oxygens (including phenoxy) is 1. The minimum atomic E-state index is -0.487. The normalized spacial score (nSPS) is 10.0. The third kappa shape index (κ3) is 3.23. The molecule has 19 heavy (non-hydrogen) atoms. The van der Waals surface area contributed by atoms with Gasteiger partial charge in [-0.1, -0.05) is 15.9 Å². The van der Waals surface area contributed by atoms with Gasteiger partial charge in [0, 0.05) is 10.2 Å². The van der Waals surface area contributed by atoms with E-state index in [0.717, 1.165) is 10.2 Å². The molecule has 0 fully saturated rings. The molecule has 1 heterocycles. The zero-order valence-electron chi connectivity index (χ0n) is 10.2. The smallest absolute Gasteiger partial charge is 0.340 e. The summed E-state index contributed by atoms with van der Waals surface area (Å²) in [5, 5.41) is 3.08. The Hall–Kier alpha value is -2.08. The first-order valence-electron chi connectivity index (χ1n) is 5.46. The molecule has 2 rings (SSSR count). The number of halogens is 1. The number of nitrogens with one attached hydrogen (secondary N) is 1. The highest BCUT2D eigenvalue weighted by Gasteiger charge is 2.11. The lowest BCUT2D eigenvalue weighted by Gasteiger charge is -2.08. The van der Waals surface area contributed by atoms with E-state index in [2.05, 4.69) is 31.0 Å². The van der Waals surface area contributed by atoms with Gasteiger partial charge in [-0.25, -0.2) is 9.78 Å². The number of nitrogen functional groups attached to an aromatic ring is 1. The van der Waals surface area contributed by atoms with Gasteiger partial charge in [0.2, 0.25) is 0 Å². The van der Waals surface area contributed by atoms with Crippen molar-refractivity contribution in [3.63, 3.8) is 0 Å². The number of methoxy groups -OCH3 is 1. The molecule has 0 bridgehead atoms. The van der Waals surface area contributed by atoms with Crippen molar-refractivity contribution < 1.29 is 9.53 Å². The molecule has 2 aromatic rings. The first-order valence-corrected chi connectivity index (χ1v) is 6.26. The number of anilines is 3. The van der Waals surface area contributed by atoms with Gasteiger partial charge in [0.1, 0.15) is 5.82 Å². The average Bonchev–Trinajstić information content (AvgIpc) is 2.42. The lowest BCUT2D eigenvalue weighted by Crippen LogP contribution is -2.07. The molecule has 1 aromatic heterocycles. The summed E-state index contributed by atoms with van der Waals surface area (Å²) in [7, 11) is 1.31. The molecule has 98 valence electrons. The minimum Gasteiger partial charge on any atom is -0.465 e. The molecule has 0 aliphatic carbocycles. The van der Waals surface area contributed by atoms with Crippen LogP contribution in [0.5, 0.6) is 0 Å². The molecule has 1 aromatic carbocycles. The molecule has 0 unspecified atom stereocenters. The maximum atomic E-state index is 11.5. The number of carbonyl (C=O) groups is 1. The summed E-state index contributed by atoms with van der Waals surface area (Å²) < 4.78 is 5.64. The van der Waals surface area contributed by atoms with E-state index in [0.29, 0.717) is 5.82 Å². The standard InChI is InChI=1S/C13H12BrN3O2/c1-19-13(18)10-6-12(16-7-11(10)15)17-9-4-2-8(14)3-5-9/h2-7H,15H2,1H3,(H,16,17). The van der Waals surface area contributed by atoms with Crippen molar-refractivity contribution in [2.75, 3.05) is 18.2 Å². The monoisotopic (exact) mass is 321 g/mol. The Kier molecular flexibility index (Phi) is 4.01. The molecule has 0 aliphatic heterocycles. The van der Waals surface area contributed by atoms with Crippen molar-refractivity contribution in [2.24, 2.45) is 0 Å².